The Bertz CT molecular complexity index is 953. The minimum atomic E-state index is -0.386. The first-order valence-electron chi connectivity index (χ1n) is 7.60. The fourth-order valence-electron chi connectivity index (χ4n) is 2.80. The Morgan fingerprint density at radius 3 is 2.62 bits per heavy atom. The van der Waals surface area contributed by atoms with E-state index in [1.807, 2.05) is 42.5 Å². The highest BCUT2D eigenvalue weighted by atomic mass is 16.3. The van der Waals surface area contributed by atoms with Gasteiger partial charge in [-0.15, -0.1) is 0 Å². The van der Waals surface area contributed by atoms with Crippen LogP contribution in [0.5, 0.6) is 5.75 Å². The van der Waals surface area contributed by atoms with Crippen molar-refractivity contribution in [1.82, 2.24) is 9.97 Å². The summed E-state index contributed by atoms with van der Waals surface area (Å²) in [6, 6.07) is 16.2. The van der Waals surface area contributed by atoms with E-state index >= 15 is 0 Å². The molecule has 0 radical (unpaired) electrons. The molecule has 0 spiro atoms. The van der Waals surface area contributed by atoms with Crippen molar-refractivity contribution in [3.8, 4) is 5.75 Å². The molecule has 3 heterocycles. The van der Waals surface area contributed by atoms with Gasteiger partial charge in [-0.1, -0.05) is 12.1 Å². The van der Waals surface area contributed by atoms with E-state index in [1.165, 1.54) is 0 Å². The largest absolute Gasteiger partial charge is 0.508 e. The molecule has 4 aromatic rings. The second-order valence-electron chi connectivity index (χ2n) is 5.38. The lowest BCUT2D eigenvalue weighted by atomic mass is 9.98. The van der Waals surface area contributed by atoms with Crippen LogP contribution in [-0.4, -0.2) is 15.1 Å². The number of nitrogens with zero attached hydrogens (tertiary/aromatic N) is 2. The van der Waals surface area contributed by atoms with Crippen LogP contribution in [0.4, 0.5) is 5.82 Å². The van der Waals surface area contributed by atoms with Crippen LogP contribution >= 0.6 is 0 Å². The fourth-order valence-corrected chi connectivity index (χ4v) is 2.80. The summed E-state index contributed by atoms with van der Waals surface area (Å²) in [5, 5.41) is 14.7. The van der Waals surface area contributed by atoms with E-state index in [2.05, 4.69) is 15.3 Å². The number of fused-ring (bicyclic) bond motifs is 1. The normalized spacial score (nSPS) is 12.2. The van der Waals surface area contributed by atoms with Gasteiger partial charge in [-0.05, 0) is 42.5 Å². The Balaban J connectivity index is 1.90. The van der Waals surface area contributed by atoms with E-state index in [0.717, 1.165) is 10.9 Å². The molecule has 0 aliphatic rings. The number of phenolic OH excluding ortho intramolecular Hbond substituents is 1. The third-order valence-electron chi connectivity index (χ3n) is 3.88. The number of aromatic nitrogens is 2. The Hall–Kier alpha value is -3.34. The number of aromatic hydroxyl groups is 1. The van der Waals surface area contributed by atoms with Crippen molar-refractivity contribution in [3.63, 3.8) is 0 Å². The van der Waals surface area contributed by atoms with Crippen LogP contribution in [0, 0.1) is 0 Å². The topological polar surface area (TPSA) is 71.2 Å². The van der Waals surface area contributed by atoms with Crippen molar-refractivity contribution in [3.05, 3.63) is 84.6 Å². The third kappa shape index (κ3) is 2.56. The van der Waals surface area contributed by atoms with E-state index in [9.17, 15) is 5.11 Å². The second-order valence-corrected chi connectivity index (χ2v) is 5.38. The molecular weight excluding hydrogens is 302 g/mol. The molecule has 4 rings (SSSR count). The Labute approximate surface area is 138 Å². The van der Waals surface area contributed by atoms with Crippen LogP contribution in [0.1, 0.15) is 17.4 Å². The van der Waals surface area contributed by atoms with Gasteiger partial charge in [0.15, 0.2) is 0 Å². The quantitative estimate of drug-likeness (QED) is 0.592. The van der Waals surface area contributed by atoms with Crippen LogP contribution in [0.2, 0.25) is 0 Å². The number of hydrogen-bond donors (Lipinski definition) is 2. The lowest BCUT2D eigenvalue weighted by Gasteiger charge is -2.20. The first kappa shape index (κ1) is 14.3. The number of anilines is 1. The highest BCUT2D eigenvalue weighted by Crippen LogP contribution is 2.37. The summed E-state index contributed by atoms with van der Waals surface area (Å²) < 4.78 is 5.60. The van der Waals surface area contributed by atoms with Gasteiger partial charge in [-0.2, -0.15) is 0 Å². The Kier molecular flexibility index (Phi) is 3.59. The second kappa shape index (κ2) is 6.04. The van der Waals surface area contributed by atoms with Crippen molar-refractivity contribution < 1.29 is 9.52 Å². The summed E-state index contributed by atoms with van der Waals surface area (Å²) in [6.07, 6.45) is 5.06. The summed E-state index contributed by atoms with van der Waals surface area (Å²) in [7, 11) is 0. The number of hydrogen-bond acceptors (Lipinski definition) is 5. The summed E-state index contributed by atoms with van der Waals surface area (Å²) in [4.78, 5) is 8.68. The van der Waals surface area contributed by atoms with Crippen LogP contribution in [0.25, 0.3) is 10.9 Å². The monoisotopic (exact) mass is 317 g/mol. The third-order valence-corrected chi connectivity index (χ3v) is 3.88. The van der Waals surface area contributed by atoms with Crippen LogP contribution < -0.4 is 5.32 Å². The SMILES string of the molecule is Oc1ccc2ncccc2c1[C@@H](Nc1ccccn1)c1ccco1. The zero-order valence-electron chi connectivity index (χ0n) is 12.8. The lowest BCUT2D eigenvalue weighted by Crippen LogP contribution is -2.13. The van der Waals surface area contributed by atoms with Gasteiger partial charge in [0.05, 0.1) is 11.8 Å². The predicted molar refractivity (Wildman–Crippen MR) is 91.8 cm³/mol. The maximum Gasteiger partial charge on any atom is 0.130 e. The van der Waals surface area contributed by atoms with E-state index in [4.69, 9.17) is 4.42 Å². The van der Waals surface area contributed by atoms with Crippen molar-refractivity contribution in [1.29, 1.82) is 0 Å². The maximum absolute atomic E-state index is 10.5. The number of nitrogens with one attached hydrogen (secondary N) is 1. The molecule has 0 saturated carbocycles. The maximum atomic E-state index is 10.5. The molecule has 1 atom stereocenters. The molecule has 0 amide bonds. The van der Waals surface area contributed by atoms with Gasteiger partial charge >= 0.3 is 0 Å². The average Bonchev–Trinajstić information content (AvgIpc) is 3.15. The van der Waals surface area contributed by atoms with Gasteiger partial charge < -0.3 is 14.8 Å². The molecular formula is C19H15N3O2. The summed E-state index contributed by atoms with van der Waals surface area (Å²) >= 11 is 0. The zero-order chi connectivity index (χ0) is 16.4. The molecule has 118 valence electrons. The summed E-state index contributed by atoms with van der Waals surface area (Å²) in [5.74, 6) is 1.56. The van der Waals surface area contributed by atoms with Crippen molar-refractivity contribution in [2.75, 3.05) is 5.32 Å². The van der Waals surface area contributed by atoms with E-state index in [-0.39, 0.29) is 11.8 Å². The first-order valence-corrected chi connectivity index (χ1v) is 7.60. The molecule has 0 unspecified atom stereocenters. The smallest absolute Gasteiger partial charge is 0.130 e. The van der Waals surface area contributed by atoms with Crippen molar-refractivity contribution in [2.24, 2.45) is 0 Å². The van der Waals surface area contributed by atoms with Gasteiger partial charge in [-0.3, -0.25) is 4.98 Å². The molecule has 5 nitrogen and oxygen atoms in total. The summed E-state index contributed by atoms with van der Waals surface area (Å²) in [5.41, 5.74) is 1.52. The van der Waals surface area contributed by atoms with Crippen molar-refractivity contribution >= 4 is 16.7 Å². The Morgan fingerprint density at radius 1 is 0.917 bits per heavy atom. The van der Waals surface area contributed by atoms with Gasteiger partial charge in [0, 0.05) is 23.3 Å². The lowest BCUT2D eigenvalue weighted by molar-refractivity contribution is 0.455. The number of phenols is 1. The predicted octanol–water partition coefficient (Wildman–Crippen LogP) is 4.13. The molecule has 24 heavy (non-hydrogen) atoms. The first-order chi connectivity index (χ1) is 11.8. The van der Waals surface area contributed by atoms with Gasteiger partial charge in [0.25, 0.3) is 0 Å². The number of furan rings is 1. The molecule has 2 N–H and O–H groups in total. The van der Waals surface area contributed by atoms with Gasteiger partial charge in [-0.25, -0.2) is 4.98 Å². The molecule has 0 bridgehead atoms. The number of rotatable bonds is 4. The van der Waals surface area contributed by atoms with E-state index in [0.29, 0.717) is 17.1 Å². The molecule has 1 aromatic carbocycles. The molecule has 0 aliphatic carbocycles. The molecule has 0 aliphatic heterocycles. The fraction of sp³-hybridized carbons (Fsp3) is 0.0526. The highest BCUT2D eigenvalue weighted by Gasteiger charge is 2.23. The van der Waals surface area contributed by atoms with E-state index in [1.54, 1.807) is 30.8 Å². The molecule has 0 saturated heterocycles. The minimum Gasteiger partial charge on any atom is -0.508 e. The van der Waals surface area contributed by atoms with Crippen LogP contribution in [0.3, 0.4) is 0 Å². The van der Waals surface area contributed by atoms with Gasteiger partial charge in [0.2, 0.25) is 0 Å². The number of benzene rings is 1. The minimum absolute atomic E-state index is 0.181. The number of pyridine rings is 2. The van der Waals surface area contributed by atoms with Crippen LogP contribution in [-0.2, 0) is 0 Å². The average molecular weight is 317 g/mol. The highest BCUT2D eigenvalue weighted by molar-refractivity contribution is 5.85. The molecule has 5 heteroatoms. The van der Waals surface area contributed by atoms with Crippen LogP contribution in [0.15, 0.2) is 77.7 Å². The van der Waals surface area contributed by atoms with Crippen molar-refractivity contribution in [2.45, 2.75) is 6.04 Å². The van der Waals surface area contributed by atoms with E-state index < -0.39 is 0 Å². The standard InChI is InChI=1S/C19H15N3O2/c23-15-9-8-14-13(5-3-11-20-14)18(15)19(16-6-4-12-24-16)22-17-7-1-2-10-21-17/h1-12,19,23H,(H,21,22)/t19-/m0/s1. The molecule has 0 fully saturated rings. The Morgan fingerprint density at radius 2 is 1.83 bits per heavy atom. The van der Waals surface area contributed by atoms with Gasteiger partial charge in [0.1, 0.15) is 23.4 Å². The zero-order valence-corrected chi connectivity index (χ0v) is 12.8. The summed E-state index contributed by atoms with van der Waals surface area (Å²) in [6.45, 7) is 0. The molecule has 3 aromatic heterocycles.